The van der Waals surface area contributed by atoms with E-state index in [-0.39, 0.29) is 18.5 Å². The van der Waals surface area contributed by atoms with E-state index in [1.807, 2.05) is 12.1 Å². The average molecular weight is 374 g/mol. The van der Waals surface area contributed by atoms with Gasteiger partial charge in [-0.15, -0.1) is 0 Å². The first kappa shape index (κ1) is 19.6. The molecule has 1 aromatic rings. The van der Waals surface area contributed by atoms with Gasteiger partial charge in [-0.25, -0.2) is 4.79 Å². The van der Waals surface area contributed by atoms with Crippen molar-refractivity contribution < 1.29 is 14.7 Å². The zero-order valence-electron chi connectivity index (χ0n) is 15.8. The Balaban J connectivity index is 1.40. The molecule has 2 fully saturated rings. The molecule has 3 rings (SSSR count). The van der Waals surface area contributed by atoms with Crippen molar-refractivity contribution in [3.63, 3.8) is 0 Å². The zero-order valence-corrected chi connectivity index (χ0v) is 15.8. The summed E-state index contributed by atoms with van der Waals surface area (Å²) in [6.07, 6.45) is 5.80. The SMILES string of the molecule is O=C(NC[C@H](O)CN1CCCCCC1)Nc1ccc(N2CCCC2=O)cc1. The molecule has 3 N–H and O–H groups in total. The highest BCUT2D eigenvalue weighted by Gasteiger charge is 2.21. The number of anilines is 2. The molecule has 0 bridgehead atoms. The van der Waals surface area contributed by atoms with E-state index in [1.54, 1.807) is 17.0 Å². The maximum atomic E-state index is 12.0. The number of likely N-dealkylation sites (tertiary alicyclic amines) is 1. The van der Waals surface area contributed by atoms with E-state index in [9.17, 15) is 14.7 Å². The first-order chi connectivity index (χ1) is 13.1. The average Bonchev–Trinajstić information content (AvgIpc) is 2.92. The lowest BCUT2D eigenvalue weighted by Crippen LogP contribution is -2.41. The number of aliphatic hydroxyl groups excluding tert-OH is 1. The molecular weight excluding hydrogens is 344 g/mol. The van der Waals surface area contributed by atoms with Crippen molar-refractivity contribution in [2.24, 2.45) is 0 Å². The minimum atomic E-state index is -0.572. The van der Waals surface area contributed by atoms with Crippen LogP contribution in [0.4, 0.5) is 16.2 Å². The van der Waals surface area contributed by atoms with Crippen LogP contribution in [0.25, 0.3) is 0 Å². The summed E-state index contributed by atoms with van der Waals surface area (Å²) in [5, 5.41) is 15.7. The van der Waals surface area contributed by atoms with Gasteiger partial charge >= 0.3 is 6.03 Å². The quantitative estimate of drug-likeness (QED) is 0.712. The molecule has 3 amide bonds. The van der Waals surface area contributed by atoms with Crippen LogP contribution < -0.4 is 15.5 Å². The molecule has 7 heteroatoms. The first-order valence-corrected chi connectivity index (χ1v) is 9.97. The highest BCUT2D eigenvalue weighted by Crippen LogP contribution is 2.22. The van der Waals surface area contributed by atoms with Crippen LogP contribution in [-0.4, -0.2) is 60.8 Å². The molecule has 27 heavy (non-hydrogen) atoms. The molecule has 1 aromatic carbocycles. The molecule has 0 spiro atoms. The number of amides is 3. The number of carbonyl (C=O) groups excluding carboxylic acids is 2. The third kappa shape index (κ3) is 5.94. The fraction of sp³-hybridized carbons (Fsp3) is 0.600. The number of rotatable bonds is 6. The summed E-state index contributed by atoms with van der Waals surface area (Å²) in [7, 11) is 0. The molecule has 2 aliphatic heterocycles. The standard InChI is InChI=1S/C20H30N4O3/c25-18(15-23-11-3-1-2-4-12-23)14-21-20(27)22-16-7-9-17(10-8-16)24-13-5-6-19(24)26/h7-10,18,25H,1-6,11-15H2,(H2,21,22,27)/t18-/m0/s1. The molecular formula is C20H30N4O3. The molecule has 1 atom stereocenters. The normalized spacial score (nSPS) is 19.6. The summed E-state index contributed by atoms with van der Waals surface area (Å²) >= 11 is 0. The van der Waals surface area contributed by atoms with Crippen LogP contribution in [0.2, 0.25) is 0 Å². The van der Waals surface area contributed by atoms with Crippen molar-refractivity contribution in [1.29, 1.82) is 0 Å². The van der Waals surface area contributed by atoms with Gasteiger partial charge in [-0.3, -0.25) is 4.79 Å². The molecule has 0 saturated carbocycles. The number of β-amino-alcohol motifs (C(OH)–C–C–N with tert-alkyl or cyclic N) is 1. The van der Waals surface area contributed by atoms with Crippen LogP contribution in [0, 0.1) is 0 Å². The van der Waals surface area contributed by atoms with Crippen molar-refractivity contribution in [2.75, 3.05) is 42.9 Å². The van der Waals surface area contributed by atoms with Crippen molar-refractivity contribution in [3.8, 4) is 0 Å². The van der Waals surface area contributed by atoms with Crippen molar-refractivity contribution in [2.45, 2.75) is 44.6 Å². The Morgan fingerprint density at radius 2 is 1.74 bits per heavy atom. The molecule has 0 radical (unpaired) electrons. The van der Waals surface area contributed by atoms with E-state index in [4.69, 9.17) is 0 Å². The van der Waals surface area contributed by atoms with Gasteiger partial charge in [0.1, 0.15) is 0 Å². The van der Waals surface area contributed by atoms with Gasteiger partial charge in [0.25, 0.3) is 0 Å². The molecule has 0 unspecified atom stereocenters. The molecule has 7 nitrogen and oxygen atoms in total. The Morgan fingerprint density at radius 3 is 2.37 bits per heavy atom. The van der Waals surface area contributed by atoms with Gasteiger partial charge in [0, 0.05) is 37.4 Å². The number of aliphatic hydroxyl groups is 1. The lowest BCUT2D eigenvalue weighted by atomic mass is 10.2. The Bertz CT molecular complexity index is 627. The maximum absolute atomic E-state index is 12.0. The number of hydrogen-bond acceptors (Lipinski definition) is 4. The molecule has 0 aliphatic carbocycles. The van der Waals surface area contributed by atoms with Gasteiger partial charge in [-0.05, 0) is 56.6 Å². The maximum Gasteiger partial charge on any atom is 0.319 e. The summed E-state index contributed by atoms with van der Waals surface area (Å²) < 4.78 is 0. The predicted octanol–water partition coefficient (Wildman–Crippen LogP) is 2.17. The van der Waals surface area contributed by atoms with E-state index in [0.717, 1.165) is 31.7 Å². The monoisotopic (exact) mass is 374 g/mol. The minimum absolute atomic E-state index is 0.145. The van der Waals surface area contributed by atoms with Crippen LogP contribution in [0.15, 0.2) is 24.3 Å². The third-order valence-corrected chi connectivity index (χ3v) is 5.18. The molecule has 2 aliphatic rings. The Morgan fingerprint density at radius 1 is 1.04 bits per heavy atom. The van der Waals surface area contributed by atoms with E-state index < -0.39 is 6.10 Å². The van der Waals surface area contributed by atoms with Gasteiger partial charge in [0.2, 0.25) is 5.91 Å². The summed E-state index contributed by atoms with van der Waals surface area (Å²) in [4.78, 5) is 27.9. The van der Waals surface area contributed by atoms with Crippen molar-refractivity contribution >= 4 is 23.3 Å². The number of nitrogens with zero attached hydrogens (tertiary/aromatic N) is 2. The lowest BCUT2D eigenvalue weighted by Gasteiger charge is -2.23. The number of hydrogen-bond donors (Lipinski definition) is 3. The van der Waals surface area contributed by atoms with Gasteiger partial charge in [0.05, 0.1) is 6.10 Å². The summed E-state index contributed by atoms with van der Waals surface area (Å²) in [6, 6.07) is 6.91. The number of benzene rings is 1. The third-order valence-electron chi connectivity index (χ3n) is 5.18. The van der Waals surface area contributed by atoms with Crippen LogP contribution >= 0.6 is 0 Å². The summed E-state index contributed by atoms with van der Waals surface area (Å²) in [6.45, 7) is 3.62. The molecule has 2 saturated heterocycles. The van der Waals surface area contributed by atoms with Crippen molar-refractivity contribution in [1.82, 2.24) is 10.2 Å². The fourth-order valence-electron chi connectivity index (χ4n) is 3.71. The predicted molar refractivity (Wildman–Crippen MR) is 106 cm³/mol. The number of nitrogens with one attached hydrogen (secondary N) is 2. The Hall–Kier alpha value is -2.12. The van der Waals surface area contributed by atoms with Gasteiger partial charge < -0.3 is 25.5 Å². The van der Waals surface area contributed by atoms with Crippen LogP contribution in [0.3, 0.4) is 0 Å². The largest absolute Gasteiger partial charge is 0.390 e. The lowest BCUT2D eigenvalue weighted by molar-refractivity contribution is -0.117. The van der Waals surface area contributed by atoms with Crippen molar-refractivity contribution in [3.05, 3.63) is 24.3 Å². The van der Waals surface area contributed by atoms with Crippen LogP contribution in [0.1, 0.15) is 38.5 Å². The first-order valence-electron chi connectivity index (χ1n) is 9.97. The number of carbonyl (C=O) groups is 2. The second kappa shape index (κ2) is 9.71. The molecule has 2 heterocycles. The van der Waals surface area contributed by atoms with Gasteiger partial charge in [0.15, 0.2) is 0 Å². The summed E-state index contributed by atoms with van der Waals surface area (Å²) in [5.41, 5.74) is 1.52. The van der Waals surface area contributed by atoms with Crippen LogP contribution in [0.5, 0.6) is 0 Å². The minimum Gasteiger partial charge on any atom is -0.390 e. The Labute approximate surface area is 160 Å². The highest BCUT2D eigenvalue weighted by molar-refractivity contribution is 5.96. The second-order valence-electron chi connectivity index (χ2n) is 7.40. The number of urea groups is 1. The Kier molecular flexibility index (Phi) is 7.06. The van der Waals surface area contributed by atoms with E-state index in [2.05, 4.69) is 15.5 Å². The smallest absolute Gasteiger partial charge is 0.319 e. The van der Waals surface area contributed by atoms with Gasteiger partial charge in [-0.2, -0.15) is 0 Å². The van der Waals surface area contributed by atoms with E-state index in [1.165, 1.54) is 25.7 Å². The second-order valence-corrected chi connectivity index (χ2v) is 7.40. The molecule has 0 aromatic heterocycles. The van der Waals surface area contributed by atoms with Crippen LogP contribution in [-0.2, 0) is 4.79 Å². The molecule has 148 valence electrons. The topological polar surface area (TPSA) is 84.9 Å². The highest BCUT2D eigenvalue weighted by atomic mass is 16.3. The van der Waals surface area contributed by atoms with E-state index in [0.29, 0.717) is 18.7 Å². The van der Waals surface area contributed by atoms with Gasteiger partial charge in [-0.1, -0.05) is 12.8 Å². The summed E-state index contributed by atoms with van der Waals surface area (Å²) in [5.74, 6) is 0.145. The zero-order chi connectivity index (χ0) is 19.1. The van der Waals surface area contributed by atoms with E-state index >= 15 is 0 Å². The fourth-order valence-corrected chi connectivity index (χ4v) is 3.71.